The van der Waals surface area contributed by atoms with E-state index in [0.717, 1.165) is 17.2 Å². The Morgan fingerprint density at radius 1 is 1.18 bits per heavy atom. The molecule has 1 saturated heterocycles. The van der Waals surface area contributed by atoms with Gasteiger partial charge < -0.3 is 24.8 Å². The number of nitrogens with zero attached hydrogens (tertiary/aromatic N) is 6. The van der Waals surface area contributed by atoms with E-state index in [1.165, 1.54) is 23.8 Å². The first-order valence-electron chi connectivity index (χ1n) is 11.9. The molecule has 2 atom stereocenters. The first-order chi connectivity index (χ1) is 18.7. The standard InChI is InChI=1S/C22H24F6N8O4/c1-11(30-12-8-29-33-19(38)17(12)22(26,27)28)10-40-6-3-16(37)35-4-5-36-14(9-35)20(39)34(2)13-7-15(21(23,24)25)31-32-18(13)36/h7-8,11,14H,3-6,9-10H2,1-2H3,(H2,30,33,38). The lowest BCUT2D eigenvalue weighted by Crippen LogP contribution is -2.63. The molecular weight excluding hydrogens is 554 g/mol. The van der Waals surface area contributed by atoms with Crippen LogP contribution in [-0.2, 0) is 26.7 Å². The number of carbonyl (C=O) groups is 2. The van der Waals surface area contributed by atoms with Crippen molar-refractivity contribution in [2.75, 3.05) is 55.0 Å². The maximum Gasteiger partial charge on any atom is 0.435 e. The van der Waals surface area contributed by atoms with Gasteiger partial charge in [-0.3, -0.25) is 14.4 Å². The Kier molecular flexibility index (Phi) is 7.91. The number of H-pyrrole nitrogens is 1. The number of piperazine rings is 1. The third kappa shape index (κ3) is 5.95. The normalized spacial score (nSPS) is 18.4. The summed E-state index contributed by atoms with van der Waals surface area (Å²) in [5.74, 6) is -0.741. The average Bonchev–Trinajstić information content (AvgIpc) is 2.87. The second-order valence-corrected chi connectivity index (χ2v) is 9.24. The molecule has 0 radical (unpaired) electrons. The van der Waals surface area contributed by atoms with Crippen LogP contribution in [0.15, 0.2) is 17.1 Å². The zero-order valence-corrected chi connectivity index (χ0v) is 21.1. The minimum atomic E-state index is -4.90. The number of carbonyl (C=O) groups excluding carboxylic acids is 2. The van der Waals surface area contributed by atoms with Crippen molar-refractivity contribution in [3.05, 3.63) is 33.9 Å². The van der Waals surface area contributed by atoms with E-state index in [1.807, 2.05) is 0 Å². The lowest BCUT2D eigenvalue weighted by molar-refractivity contribution is -0.142. The van der Waals surface area contributed by atoms with Gasteiger partial charge in [-0.15, -0.1) is 10.2 Å². The zero-order valence-electron chi connectivity index (χ0n) is 21.1. The van der Waals surface area contributed by atoms with E-state index >= 15 is 0 Å². The molecule has 0 spiro atoms. The van der Waals surface area contributed by atoms with E-state index in [4.69, 9.17) is 4.74 Å². The first kappa shape index (κ1) is 29.0. The molecule has 18 heteroatoms. The van der Waals surface area contributed by atoms with Gasteiger partial charge >= 0.3 is 12.4 Å². The molecule has 2 aliphatic heterocycles. The van der Waals surface area contributed by atoms with Gasteiger partial charge in [0.1, 0.15) is 11.6 Å². The van der Waals surface area contributed by atoms with Gasteiger partial charge in [-0.2, -0.15) is 31.4 Å². The van der Waals surface area contributed by atoms with Crippen LogP contribution in [0.3, 0.4) is 0 Å². The zero-order chi connectivity index (χ0) is 29.4. The van der Waals surface area contributed by atoms with Gasteiger partial charge in [-0.1, -0.05) is 0 Å². The number of aromatic amines is 1. The topological polar surface area (TPSA) is 137 Å². The number of aromatic nitrogens is 4. The van der Waals surface area contributed by atoms with Gasteiger partial charge in [0.2, 0.25) is 5.91 Å². The summed E-state index contributed by atoms with van der Waals surface area (Å²) in [5, 5.41) is 14.6. The lowest BCUT2D eigenvalue weighted by Gasteiger charge is -2.46. The summed E-state index contributed by atoms with van der Waals surface area (Å²) in [6.07, 6.45) is -8.87. The predicted molar refractivity (Wildman–Crippen MR) is 127 cm³/mol. The highest BCUT2D eigenvalue weighted by Gasteiger charge is 2.44. The third-order valence-corrected chi connectivity index (χ3v) is 6.40. The number of alkyl halides is 6. The minimum Gasteiger partial charge on any atom is -0.379 e. The van der Waals surface area contributed by atoms with E-state index in [2.05, 4.69) is 20.6 Å². The average molecular weight is 578 g/mol. The maximum absolute atomic E-state index is 13.2. The summed E-state index contributed by atoms with van der Waals surface area (Å²) >= 11 is 0. The molecule has 2 aliphatic rings. The molecule has 2 amide bonds. The lowest BCUT2D eigenvalue weighted by atomic mass is 10.1. The van der Waals surface area contributed by atoms with Crippen LogP contribution in [0.5, 0.6) is 0 Å². The smallest absolute Gasteiger partial charge is 0.379 e. The number of ether oxygens (including phenoxy) is 1. The molecule has 218 valence electrons. The molecule has 2 aromatic rings. The number of nitrogens with one attached hydrogen (secondary N) is 2. The van der Waals surface area contributed by atoms with Crippen LogP contribution in [0.25, 0.3) is 0 Å². The van der Waals surface area contributed by atoms with E-state index in [-0.39, 0.29) is 56.7 Å². The maximum atomic E-state index is 13.2. The molecule has 2 aromatic heterocycles. The van der Waals surface area contributed by atoms with Crippen molar-refractivity contribution in [2.45, 2.75) is 37.8 Å². The molecule has 4 rings (SSSR count). The van der Waals surface area contributed by atoms with Crippen LogP contribution in [0.2, 0.25) is 0 Å². The van der Waals surface area contributed by atoms with Gasteiger partial charge in [0, 0.05) is 26.2 Å². The minimum absolute atomic E-state index is 0.0299. The molecule has 0 aromatic carbocycles. The van der Waals surface area contributed by atoms with Crippen LogP contribution in [-0.4, -0.2) is 89.1 Å². The fourth-order valence-electron chi connectivity index (χ4n) is 4.46. The largest absolute Gasteiger partial charge is 0.435 e. The molecule has 2 N–H and O–H groups in total. The fraction of sp³-hybridized carbons (Fsp3) is 0.545. The summed E-state index contributed by atoms with van der Waals surface area (Å²) in [7, 11) is 1.32. The molecule has 1 fully saturated rings. The highest BCUT2D eigenvalue weighted by atomic mass is 19.4. The summed E-state index contributed by atoms with van der Waals surface area (Å²) < 4.78 is 84.1. The first-order valence-corrected chi connectivity index (χ1v) is 11.9. The van der Waals surface area contributed by atoms with Crippen LogP contribution >= 0.6 is 0 Å². The Labute approximate surface area is 222 Å². The quantitative estimate of drug-likeness (QED) is 0.370. The SMILES string of the molecule is CC(COCCC(=O)N1CCN2c3nnc(C(F)(F)F)cc3N(C)C(=O)C2C1)Nc1cn[nH]c(=O)c1C(F)(F)F. The summed E-state index contributed by atoms with van der Waals surface area (Å²) in [6, 6.07) is -0.771. The molecule has 12 nitrogen and oxygen atoms in total. The Morgan fingerprint density at radius 2 is 1.90 bits per heavy atom. The number of amides is 2. The molecule has 0 aliphatic carbocycles. The Hall–Kier alpha value is -3.96. The van der Waals surface area contributed by atoms with Crippen molar-refractivity contribution in [1.82, 2.24) is 25.3 Å². The molecule has 2 unspecified atom stereocenters. The van der Waals surface area contributed by atoms with Crippen molar-refractivity contribution in [3.63, 3.8) is 0 Å². The number of anilines is 3. The van der Waals surface area contributed by atoms with Crippen molar-refractivity contribution < 1.29 is 40.7 Å². The summed E-state index contributed by atoms with van der Waals surface area (Å²) in [5.41, 5.74) is -4.57. The van der Waals surface area contributed by atoms with Crippen molar-refractivity contribution >= 4 is 29.0 Å². The fourth-order valence-corrected chi connectivity index (χ4v) is 4.46. The van der Waals surface area contributed by atoms with Crippen LogP contribution in [0.4, 0.5) is 43.5 Å². The number of hydrogen-bond donors (Lipinski definition) is 2. The second kappa shape index (κ2) is 10.9. The van der Waals surface area contributed by atoms with Gasteiger partial charge in [-0.05, 0) is 13.0 Å². The summed E-state index contributed by atoms with van der Waals surface area (Å²) in [6.45, 7) is 1.63. The molecular formula is C22H24F6N8O4. The van der Waals surface area contributed by atoms with Crippen LogP contribution in [0.1, 0.15) is 24.6 Å². The Morgan fingerprint density at radius 3 is 2.58 bits per heavy atom. The third-order valence-electron chi connectivity index (χ3n) is 6.40. The summed E-state index contributed by atoms with van der Waals surface area (Å²) in [4.78, 5) is 41.3. The van der Waals surface area contributed by atoms with Gasteiger partial charge in [0.05, 0.1) is 43.8 Å². The molecule has 4 heterocycles. The van der Waals surface area contributed by atoms with Crippen molar-refractivity contribution in [2.24, 2.45) is 0 Å². The van der Waals surface area contributed by atoms with Gasteiger partial charge in [0.25, 0.3) is 11.5 Å². The molecule has 0 saturated carbocycles. The number of likely N-dealkylation sites (N-methyl/N-ethyl adjacent to an activating group) is 1. The second-order valence-electron chi connectivity index (χ2n) is 9.24. The van der Waals surface area contributed by atoms with Crippen LogP contribution in [0, 0.1) is 0 Å². The van der Waals surface area contributed by atoms with Crippen LogP contribution < -0.4 is 20.7 Å². The van der Waals surface area contributed by atoms with E-state index < -0.39 is 52.8 Å². The number of halogens is 6. The van der Waals surface area contributed by atoms with E-state index in [0.29, 0.717) is 0 Å². The predicted octanol–water partition coefficient (Wildman–Crippen LogP) is 1.50. The van der Waals surface area contributed by atoms with E-state index in [9.17, 15) is 40.7 Å². The number of fused-ring (bicyclic) bond motifs is 3. The molecule has 0 bridgehead atoms. The monoisotopic (exact) mass is 578 g/mol. The van der Waals surface area contributed by atoms with Crippen molar-refractivity contribution in [1.29, 1.82) is 0 Å². The van der Waals surface area contributed by atoms with Crippen molar-refractivity contribution in [3.8, 4) is 0 Å². The number of rotatable bonds is 7. The van der Waals surface area contributed by atoms with Gasteiger partial charge in [-0.25, -0.2) is 5.10 Å². The molecule has 40 heavy (non-hydrogen) atoms. The highest BCUT2D eigenvalue weighted by Crippen LogP contribution is 2.38. The van der Waals surface area contributed by atoms with Gasteiger partial charge in [0.15, 0.2) is 11.5 Å². The van der Waals surface area contributed by atoms with E-state index in [1.54, 1.807) is 5.10 Å². The Balaban J connectivity index is 1.30. The number of hydrogen-bond acceptors (Lipinski definition) is 9. The highest BCUT2D eigenvalue weighted by molar-refractivity contribution is 6.05. The Bertz CT molecular complexity index is 1330.